The number of nitrogens with two attached hydrogens (primary N) is 1. The van der Waals surface area contributed by atoms with Gasteiger partial charge in [0, 0.05) is 25.6 Å². The molecule has 1 aliphatic rings. The van der Waals surface area contributed by atoms with Gasteiger partial charge in [-0.2, -0.15) is 0 Å². The second kappa shape index (κ2) is 3.94. The van der Waals surface area contributed by atoms with Gasteiger partial charge in [-0.15, -0.1) is 0 Å². The van der Waals surface area contributed by atoms with Crippen LogP contribution in [0.4, 0.5) is 0 Å². The van der Waals surface area contributed by atoms with Crippen LogP contribution in [-0.2, 0) is 19.5 Å². The van der Waals surface area contributed by atoms with Gasteiger partial charge < -0.3 is 15.2 Å². The molecule has 0 spiro atoms. The van der Waals surface area contributed by atoms with Crippen LogP contribution in [0.25, 0.3) is 0 Å². The van der Waals surface area contributed by atoms with Gasteiger partial charge in [0.15, 0.2) is 0 Å². The largest absolute Gasteiger partial charge is 0.330 e. The van der Waals surface area contributed by atoms with Crippen LogP contribution in [0.15, 0.2) is 0 Å². The minimum Gasteiger partial charge on any atom is -0.330 e. The fourth-order valence-corrected chi connectivity index (χ4v) is 2.38. The van der Waals surface area contributed by atoms with E-state index in [1.54, 1.807) is 0 Å². The molecule has 1 atom stereocenters. The Morgan fingerprint density at radius 1 is 1.53 bits per heavy atom. The molecular weight excluding hydrogens is 188 g/mol. The SMILES string of the molecule is Cc1nc2n(c1CN)CCC(N(C)C)C2. The molecule has 84 valence electrons. The highest BCUT2D eigenvalue weighted by atomic mass is 15.2. The van der Waals surface area contributed by atoms with Gasteiger partial charge in [0.1, 0.15) is 5.82 Å². The van der Waals surface area contributed by atoms with Gasteiger partial charge >= 0.3 is 0 Å². The van der Waals surface area contributed by atoms with Gasteiger partial charge in [0.05, 0.1) is 11.4 Å². The summed E-state index contributed by atoms with van der Waals surface area (Å²) in [5.74, 6) is 1.21. The molecule has 0 saturated heterocycles. The van der Waals surface area contributed by atoms with Crippen LogP contribution in [0.2, 0.25) is 0 Å². The van der Waals surface area contributed by atoms with Crippen LogP contribution in [0, 0.1) is 6.92 Å². The summed E-state index contributed by atoms with van der Waals surface area (Å²) in [6, 6.07) is 0.630. The molecule has 15 heavy (non-hydrogen) atoms. The highest BCUT2D eigenvalue weighted by Crippen LogP contribution is 2.21. The smallest absolute Gasteiger partial charge is 0.110 e. The summed E-state index contributed by atoms with van der Waals surface area (Å²) in [4.78, 5) is 6.90. The fourth-order valence-electron chi connectivity index (χ4n) is 2.38. The fraction of sp³-hybridized carbons (Fsp3) is 0.727. The predicted octanol–water partition coefficient (Wildman–Crippen LogP) is 0.527. The van der Waals surface area contributed by atoms with Crippen LogP contribution in [0.5, 0.6) is 0 Å². The Morgan fingerprint density at radius 2 is 2.27 bits per heavy atom. The summed E-state index contributed by atoms with van der Waals surface area (Å²) in [6.07, 6.45) is 2.25. The lowest BCUT2D eigenvalue weighted by atomic mass is 10.1. The number of hydrogen-bond acceptors (Lipinski definition) is 3. The molecule has 2 heterocycles. The summed E-state index contributed by atoms with van der Waals surface area (Å²) >= 11 is 0. The van der Waals surface area contributed by atoms with Gasteiger partial charge in [0.25, 0.3) is 0 Å². The van der Waals surface area contributed by atoms with Crippen molar-refractivity contribution < 1.29 is 0 Å². The highest BCUT2D eigenvalue weighted by Gasteiger charge is 2.23. The van der Waals surface area contributed by atoms with Gasteiger partial charge in [-0.05, 0) is 27.4 Å². The molecule has 4 heteroatoms. The lowest BCUT2D eigenvalue weighted by Gasteiger charge is -2.29. The maximum Gasteiger partial charge on any atom is 0.110 e. The van der Waals surface area contributed by atoms with Crippen molar-refractivity contribution in [2.45, 2.75) is 38.9 Å². The third kappa shape index (κ3) is 1.79. The topological polar surface area (TPSA) is 47.1 Å². The number of fused-ring (bicyclic) bond motifs is 1. The van der Waals surface area contributed by atoms with Crippen LogP contribution in [-0.4, -0.2) is 34.6 Å². The maximum absolute atomic E-state index is 5.74. The van der Waals surface area contributed by atoms with Gasteiger partial charge in [0.2, 0.25) is 0 Å². The molecule has 4 nitrogen and oxygen atoms in total. The van der Waals surface area contributed by atoms with E-state index in [2.05, 4.69) is 35.5 Å². The lowest BCUT2D eigenvalue weighted by molar-refractivity contribution is 0.241. The second-order valence-electron chi connectivity index (χ2n) is 4.53. The third-order valence-corrected chi connectivity index (χ3v) is 3.38. The Labute approximate surface area is 91.1 Å². The van der Waals surface area contributed by atoms with Crippen molar-refractivity contribution in [2.75, 3.05) is 14.1 Å². The molecule has 2 N–H and O–H groups in total. The molecule has 0 radical (unpaired) electrons. The van der Waals surface area contributed by atoms with Gasteiger partial charge in [-0.1, -0.05) is 0 Å². The van der Waals surface area contributed by atoms with Crippen molar-refractivity contribution in [1.29, 1.82) is 0 Å². The Balaban J connectivity index is 2.28. The number of hydrogen-bond donors (Lipinski definition) is 1. The molecular formula is C11H20N4. The number of rotatable bonds is 2. The van der Waals surface area contributed by atoms with Crippen molar-refractivity contribution in [2.24, 2.45) is 5.73 Å². The molecule has 0 aliphatic carbocycles. The summed E-state index contributed by atoms with van der Waals surface area (Å²) in [7, 11) is 4.28. The molecule has 1 aromatic rings. The van der Waals surface area contributed by atoms with Crippen LogP contribution < -0.4 is 5.73 Å². The molecule has 0 saturated carbocycles. The van der Waals surface area contributed by atoms with E-state index in [9.17, 15) is 0 Å². The molecule has 0 fully saturated rings. The minimum absolute atomic E-state index is 0.603. The number of aryl methyl sites for hydroxylation is 1. The van der Waals surface area contributed by atoms with Crippen LogP contribution in [0.1, 0.15) is 23.6 Å². The minimum atomic E-state index is 0.603. The maximum atomic E-state index is 5.74. The van der Waals surface area contributed by atoms with E-state index in [1.165, 1.54) is 17.9 Å². The van der Waals surface area contributed by atoms with Crippen molar-refractivity contribution in [3.63, 3.8) is 0 Å². The predicted molar refractivity (Wildman–Crippen MR) is 60.7 cm³/mol. The highest BCUT2D eigenvalue weighted by molar-refractivity contribution is 5.18. The third-order valence-electron chi connectivity index (χ3n) is 3.38. The first-order valence-electron chi connectivity index (χ1n) is 5.55. The average molecular weight is 208 g/mol. The Kier molecular flexibility index (Phi) is 2.80. The van der Waals surface area contributed by atoms with Crippen molar-refractivity contribution in [1.82, 2.24) is 14.5 Å². The molecule has 1 aliphatic heterocycles. The zero-order valence-electron chi connectivity index (χ0n) is 9.82. The Morgan fingerprint density at radius 3 is 2.87 bits per heavy atom. The molecule has 1 aromatic heterocycles. The summed E-state index contributed by atoms with van der Waals surface area (Å²) in [5, 5.41) is 0. The summed E-state index contributed by atoms with van der Waals surface area (Å²) in [5.41, 5.74) is 8.06. The molecule has 0 amide bonds. The summed E-state index contributed by atoms with van der Waals surface area (Å²) < 4.78 is 2.30. The second-order valence-corrected chi connectivity index (χ2v) is 4.53. The normalized spacial score (nSPS) is 20.7. The average Bonchev–Trinajstić information content (AvgIpc) is 2.51. The van der Waals surface area contributed by atoms with E-state index in [4.69, 9.17) is 5.73 Å². The number of imidazole rings is 1. The molecule has 2 rings (SSSR count). The number of aromatic nitrogens is 2. The molecule has 0 aromatic carbocycles. The van der Waals surface area contributed by atoms with E-state index < -0.39 is 0 Å². The first kappa shape index (κ1) is 10.6. The zero-order chi connectivity index (χ0) is 11.0. The van der Waals surface area contributed by atoms with E-state index in [1.807, 2.05) is 0 Å². The standard InChI is InChI=1S/C11H20N4/c1-8-10(7-12)15-5-4-9(14(2)3)6-11(15)13-8/h9H,4-7,12H2,1-3H3. The number of likely N-dealkylation sites (N-methyl/N-ethyl adjacent to an activating group) is 1. The van der Waals surface area contributed by atoms with Crippen molar-refractivity contribution >= 4 is 0 Å². The van der Waals surface area contributed by atoms with E-state index >= 15 is 0 Å². The lowest BCUT2D eigenvalue weighted by Crippen LogP contribution is -2.36. The monoisotopic (exact) mass is 208 g/mol. The van der Waals surface area contributed by atoms with E-state index in [0.717, 1.165) is 18.7 Å². The van der Waals surface area contributed by atoms with Gasteiger partial charge in [-0.3, -0.25) is 0 Å². The first-order valence-corrected chi connectivity index (χ1v) is 5.55. The Hall–Kier alpha value is -0.870. The summed E-state index contributed by atoms with van der Waals surface area (Å²) in [6.45, 7) is 3.72. The van der Waals surface area contributed by atoms with Crippen LogP contribution in [0.3, 0.4) is 0 Å². The first-order chi connectivity index (χ1) is 7.13. The Bertz CT molecular complexity index is 354. The van der Waals surface area contributed by atoms with Crippen molar-refractivity contribution in [3.05, 3.63) is 17.2 Å². The van der Waals surface area contributed by atoms with E-state index in [-0.39, 0.29) is 0 Å². The molecule has 1 unspecified atom stereocenters. The number of nitrogens with zero attached hydrogens (tertiary/aromatic N) is 3. The van der Waals surface area contributed by atoms with Crippen molar-refractivity contribution in [3.8, 4) is 0 Å². The quantitative estimate of drug-likeness (QED) is 0.771. The zero-order valence-corrected chi connectivity index (χ0v) is 9.82. The van der Waals surface area contributed by atoms with Crippen LogP contribution >= 0.6 is 0 Å². The molecule has 0 bridgehead atoms. The van der Waals surface area contributed by atoms with E-state index in [0.29, 0.717) is 12.6 Å². The van der Waals surface area contributed by atoms with Gasteiger partial charge in [-0.25, -0.2) is 4.98 Å².